The zero-order chi connectivity index (χ0) is 15.0. The Hall–Kier alpha value is -0.0831. The smallest absolute Gasteiger partial charge is 0.0867 e. The Labute approximate surface area is 140 Å². The predicted octanol–water partition coefficient (Wildman–Crippen LogP) is 6.12. The highest BCUT2D eigenvalue weighted by Crippen LogP contribution is 2.37. The molecule has 1 aromatic rings. The van der Waals surface area contributed by atoms with Crippen molar-refractivity contribution in [2.24, 2.45) is 5.92 Å². The van der Waals surface area contributed by atoms with Gasteiger partial charge in [-0.1, -0.05) is 121 Å². The summed E-state index contributed by atoms with van der Waals surface area (Å²) in [5.41, 5.74) is 0. The summed E-state index contributed by atoms with van der Waals surface area (Å²) in [6, 6.07) is 16.2. The molecule has 0 N–H and O–H groups in total. The molecule has 0 nitrogen and oxygen atoms in total. The fourth-order valence-electron chi connectivity index (χ4n) is 3.93. The molecule has 0 spiro atoms. The van der Waals surface area contributed by atoms with Gasteiger partial charge in [-0.25, -0.2) is 0 Å². The maximum atomic E-state index is 3.70. The Morgan fingerprint density at radius 3 is 2.29 bits per heavy atom. The molecule has 1 saturated heterocycles. The average molecular weight is 367 g/mol. The van der Waals surface area contributed by atoms with E-state index in [4.69, 9.17) is 0 Å². The van der Waals surface area contributed by atoms with Crippen LogP contribution < -0.4 is 5.19 Å². The lowest BCUT2D eigenvalue weighted by atomic mass is 10.1. The zero-order valence-corrected chi connectivity index (χ0v) is 16.2. The van der Waals surface area contributed by atoms with E-state index in [9.17, 15) is 0 Å². The molecule has 0 atom stereocenters. The zero-order valence-electron chi connectivity index (χ0n) is 13.6. The minimum atomic E-state index is -1.20. The molecular weight excluding hydrogens is 336 g/mol. The minimum absolute atomic E-state index is 0.939. The lowest BCUT2D eigenvalue weighted by Gasteiger charge is -2.39. The van der Waals surface area contributed by atoms with E-state index in [2.05, 4.69) is 53.2 Å². The second-order valence-electron chi connectivity index (χ2n) is 6.91. The number of alkyl halides is 1. The number of hydrogen-bond donors (Lipinski definition) is 0. The summed E-state index contributed by atoms with van der Waals surface area (Å²) in [5.74, 6) is 0.939. The van der Waals surface area contributed by atoms with Gasteiger partial charge in [0.1, 0.15) is 0 Å². The first-order valence-electron chi connectivity index (χ1n) is 8.92. The van der Waals surface area contributed by atoms with Crippen LogP contribution in [-0.4, -0.2) is 13.4 Å². The van der Waals surface area contributed by atoms with Gasteiger partial charge in [-0.3, -0.25) is 0 Å². The lowest BCUT2D eigenvalue weighted by Crippen LogP contribution is -2.50. The van der Waals surface area contributed by atoms with Gasteiger partial charge in [0.25, 0.3) is 0 Å². The standard InChI is InChI=1S/C19H31BrSi/c1-2-3-4-5-9-14-21(19-10-7-6-8-11-19)15-12-18(17-20)13-16-21/h6-8,10-11,18H,2-5,9,12-17H2,1H3. The van der Waals surface area contributed by atoms with E-state index in [1.165, 1.54) is 68.4 Å². The Bertz CT molecular complexity index is 382. The van der Waals surface area contributed by atoms with E-state index in [1.54, 1.807) is 5.19 Å². The molecule has 0 bridgehead atoms. The largest absolute Gasteiger partial charge is 0.0925 e. The highest BCUT2D eigenvalue weighted by Gasteiger charge is 2.37. The van der Waals surface area contributed by atoms with Crippen LogP contribution in [0.4, 0.5) is 0 Å². The average Bonchev–Trinajstić information content (AvgIpc) is 2.56. The first-order valence-corrected chi connectivity index (χ1v) is 12.7. The van der Waals surface area contributed by atoms with Gasteiger partial charge in [0.15, 0.2) is 0 Å². The van der Waals surface area contributed by atoms with Crippen LogP contribution in [0.1, 0.15) is 51.9 Å². The van der Waals surface area contributed by atoms with Crippen LogP contribution in [0.3, 0.4) is 0 Å². The molecule has 1 aliphatic heterocycles. The molecule has 2 heteroatoms. The van der Waals surface area contributed by atoms with Crippen molar-refractivity contribution in [3.8, 4) is 0 Å². The van der Waals surface area contributed by atoms with Gasteiger partial charge in [0.2, 0.25) is 0 Å². The number of hydrogen-bond acceptors (Lipinski definition) is 0. The summed E-state index contributed by atoms with van der Waals surface area (Å²) in [4.78, 5) is 0. The monoisotopic (exact) mass is 366 g/mol. The molecule has 0 radical (unpaired) electrons. The third-order valence-corrected chi connectivity index (χ3v) is 11.7. The first kappa shape index (κ1) is 17.3. The Morgan fingerprint density at radius 2 is 1.67 bits per heavy atom. The molecule has 0 amide bonds. The van der Waals surface area contributed by atoms with E-state index in [1.807, 2.05) is 0 Å². The number of rotatable bonds is 8. The fraction of sp³-hybridized carbons (Fsp3) is 0.684. The van der Waals surface area contributed by atoms with E-state index >= 15 is 0 Å². The summed E-state index contributed by atoms with van der Waals surface area (Å²) in [5, 5.41) is 2.96. The quantitative estimate of drug-likeness (QED) is 0.295. The normalized spacial score (nSPS) is 25.9. The van der Waals surface area contributed by atoms with E-state index < -0.39 is 8.07 Å². The Balaban J connectivity index is 1.98. The predicted molar refractivity (Wildman–Crippen MR) is 102 cm³/mol. The minimum Gasteiger partial charge on any atom is -0.0925 e. The molecule has 1 heterocycles. The molecule has 118 valence electrons. The molecule has 0 aromatic heterocycles. The Morgan fingerprint density at radius 1 is 1.00 bits per heavy atom. The summed E-state index contributed by atoms with van der Waals surface area (Å²) >= 11 is 3.70. The van der Waals surface area contributed by atoms with Crippen molar-refractivity contribution in [3.63, 3.8) is 0 Å². The SMILES string of the molecule is CCCCCCC[Si]1(c2ccccc2)CCC(CBr)CC1. The maximum Gasteiger partial charge on any atom is 0.0867 e. The van der Waals surface area contributed by atoms with Gasteiger partial charge in [0.05, 0.1) is 8.07 Å². The van der Waals surface area contributed by atoms with E-state index in [0.717, 1.165) is 5.92 Å². The molecule has 21 heavy (non-hydrogen) atoms. The number of benzene rings is 1. The van der Waals surface area contributed by atoms with Crippen molar-refractivity contribution >= 4 is 29.2 Å². The first-order chi connectivity index (χ1) is 10.3. The molecule has 2 rings (SSSR count). The molecule has 0 aliphatic carbocycles. The van der Waals surface area contributed by atoms with Gasteiger partial charge >= 0.3 is 0 Å². The summed E-state index contributed by atoms with van der Waals surface area (Å²) < 4.78 is 0. The Kier molecular flexibility index (Phi) is 7.52. The molecule has 1 aromatic carbocycles. The van der Waals surface area contributed by atoms with Crippen molar-refractivity contribution in [2.45, 2.75) is 70.0 Å². The second kappa shape index (κ2) is 9.15. The van der Waals surface area contributed by atoms with E-state index in [-0.39, 0.29) is 0 Å². The van der Waals surface area contributed by atoms with Crippen LogP contribution in [0.25, 0.3) is 0 Å². The molecule has 0 saturated carbocycles. The number of halogens is 1. The molecule has 1 fully saturated rings. The van der Waals surface area contributed by atoms with Crippen LogP contribution in [0, 0.1) is 5.92 Å². The van der Waals surface area contributed by atoms with Crippen molar-refractivity contribution in [1.82, 2.24) is 0 Å². The highest BCUT2D eigenvalue weighted by molar-refractivity contribution is 9.09. The van der Waals surface area contributed by atoms with Crippen LogP contribution in [0.2, 0.25) is 18.1 Å². The fourth-order valence-corrected chi connectivity index (χ4v) is 9.94. The third kappa shape index (κ3) is 4.96. The van der Waals surface area contributed by atoms with Crippen molar-refractivity contribution in [3.05, 3.63) is 30.3 Å². The summed E-state index contributed by atoms with van der Waals surface area (Å²) in [7, 11) is -1.20. The van der Waals surface area contributed by atoms with Crippen LogP contribution in [0.15, 0.2) is 30.3 Å². The van der Waals surface area contributed by atoms with E-state index in [0.29, 0.717) is 0 Å². The molecular formula is C19H31BrSi. The molecule has 1 aliphatic rings. The van der Waals surface area contributed by atoms with Crippen molar-refractivity contribution in [2.75, 3.05) is 5.33 Å². The van der Waals surface area contributed by atoms with Crippen LogP contribution in [-0.2, 0) is 0 Å². The maximum absolute atomic E-state index is 3.70. The summed E-state index contributed by atoms with van der Waals surface area (Å²) in [6.07, 6.45) is 10.1. The van der Waals surface area contributed by atoms with Crippen LogP contribution >= 0.6 is 15.9 Å². The number of unbranched alkanes of at least 4 members (excludes halogenated alkanes) is 4. The van der Waals surface area contributed by atoms with Crippen molar-refractivity contribution in [1.29, 1.82) is 0 Å². The van der Waals surface area contributed by atoms with Gasteiger partial charge in [0, 0.05) is 5.33 Å². The molecule has 0 unspecified atom stereocenters. The topological polar surface area (TPSA) is 0 Å². The summed E-state index contributed by atoms with van der Waals surface area (Å²) in [6.45, 7) is 2.31. The van der Waals surface area contributed by atoms with Gasteiger partial charge in [-0.15, -0.1) is 0 Å². The van der Waals surface area contributed by atoms with Gasteiger partial charge < -0.3 is 0 Å². The van der Waals surface area contributed by atoms with Gasteiger partial charge in [-0.2, -0.15) is 0 Å². The van der Waals surface area contributed by atoms with Crippen molar-refractivity contribution < 1.29 is 0 Å². The third-order valence-electron chi connectivity index (χ3n) is 5.43. The van der Waals surface area contributed by atoms with Crippen LogP contribution in [0.5, 0.6) is 0 Å². The highest BCUT2D eigenvalue weighted by atomic mass is 79.9. The second-order valence-corrected chi connectivity index (χ2v) is 12.2. The van der Waals surface area contributed by atoms with Gasteiger partial charge in [-0.05, 0) is 5.92 Å². The lowest BCUT2D eigenvalue weighted by molar-refractivity contribution is 0.522.